The summed E-state index contributed by atoms with van der Waals surface area (Å²) in [5, 5.41) is 4.95. The lowest BCUT2D eigenvalue weighted by Gasteiger charge is -2.32. The van der Waals surface area contributed by atoms with Gasteiger partial charge in [0.25, 0.3) is 0 Å². The van der Waals surface area contributed by atoms with Crippen LogP contribution in [0.2, 0.25) is 0 Å². The molecule has 9 aromatic carbocycles. The minimum absolute atomic E-state index is 0.133. The highest BCUT2D eigenvalue weighted by atomic mass is 15.1. The summed E-state index contributed by atoms with van der Waals surface area (Å²) in [6.45, 7) is 4.73. The summed E-state index contributed by atoms with van der Waals surface area (Å²) < 4.78 is 0. The van der Waals surface area contributed by atoms with Crippen LogP contribution in [-0.4, -0.2) is 0 Å². The monoisotopic (exact) mass is 689 g/mol. The minimum Gasteiger partial charge on any atom is -0.309 e. The normalized spacial score (nSPS) is 12.8. The van der Waals surface area contributed by atoms with Gasteiger partial charge in [-0.05, 0) is 78.9 Å². The molecule has 0 N–H and O–H groups in total. The molecule has 9 aromatic rings. The van der Waals surface area contributed by atoms with Crippen LogP contribution in [-0.2, 0) is 5.41 Å². The summed E-state index contributed by atoms with van der Waals surface area (Å²) in [5.74, 6) is 0. The second kappa shape index (κ2) is 12.8. The Bertz CT molecular complexity index is 2860. The van der Waals surface area contributed by atoms with Crippen molar-refractivity contribution in [3.05, 3.63) is 211 Å². The second-order valence-corrected chi connectivity index (χ2v) is 14.8. The predicted octanol–water partition coefficient (Wildman–Crippen LogP) is 14.8. The quantitative estimate of drug-likeness (QED) is 0.157. The van der Waals surface area contributed by atoms with Crippen molar-refractivity contribution >= 4 is 38.6 Å². The van der Waals surface area contributed by atoms with E-state index >= 15 is 0 Å². The number of anilines is 3. The Labute approximate surface area is 317 Å². The third-order valence-corrected chi connectivity index (χ3v) is 11.5. The third kappa shape index (κ3) is 5.00. The summed E-state index contributed by atoms with van der Waals surface area (Å²) in [7, 11) is 0. The first-order chi connectivity index (χ1) is 26.6. The van der Waals surface area contributed by atoms with Gasteiger partial charge in [-0.2, -0.15) is 0 Å². The summed E-state index contributed by atoms with van der Waals surface area (Å²) in [6.07, 6.45) is 0. The van der Waals surface area contributed by atoms with E-state index in [1.54, 1.807) is 0 Å². The number of hydrogen-bond acceptors (Lipinski definition) is 1. The third-order valence-electron chi connectivity index (χ3n) is 11.5. The van der Waals surface area contributed by atoms with Crippen LogP contribution in [0.1, 0.15) is 25.0 Å². The lowest BCUT2D eigenvalue weighted by molar-refractivity contribution is 0.660. The molecule has 54 heavy (non-hydrogen) atoms. The van der Waals surface area contributed by atoms with Gasteiger partial charge in [0.15, 0.2) is 0 Å². The largest absolute Gasteiger partial charge is 0.309 e. The molecule has 0 heterocycles. The number of rotatable bonds is 6. The van der Waals surface area contributed by atoms with Crippen molar-refractivity contribution in [3.63, 3.8) is 0 Å². The maximum atomic E-state index is 2.56. The van der Waals surface area contributed by atoms with Crippen LogP contribution in [0.3, 0.4) is 0 Å². The molecule has 0 fully saturated rings. The molecule has 0 aliphatic heterocycles. The van der Waals surface area contributed by atoms with Crippen LogP contribution in [0.15, 0.2) is 200 Å². The van der Waals surface area contributed by atoms with Gasteiger partial charge in [-0.1, -0.05) is 196 Å². The fourth-order valence-electron chi connectivity index (χ4n) is 8.97. The van der Waals surface area contributed by atoms with Crippen LogP contribution in [0.25, 0.3) is 66.1 Å². The van der Waals surface area contributed by atoms with Crippen LogP contribution < -0.4 is 4.90 Å². The first-order valence-corrected chi connectivity index (χ1v) is 18.9. The summed E-state index contributed by atoms with van der Waals surface area (Å²) in [6, 6.07) is 73.4. The van der Waals surface area contributed by atoms with Crippen LogP contribution in [0, 0.1) is 0 Å². The molecule has 0 aromatic heterocycles. The van der Waals surface area contributed by atoms with E-state index in [1.807, 2.05) is 0 Å². The molecule has 0 amide bonds. The molecule has 0 bridgehead atoms. The van der Waals surface area contributed by atoms with E-state index in [9.17, 15) is 0 Å². The van der Waals surface area contributed by atoms with Gasteiger partial charge >= 0.3 is 0 Å². The maximum absolute atomic E-state index is 2.56. The highest BCUT2D eigenvalue weighted by Crippen LogP contribution is 2.56. The van der Waals surface area contributed by atoms with Crippen molar-refractivity contribution in [1.82, 2.24) is 0 Å². The Morgan fingerprint density at radius 3 is 1.59 bits per heavy atom. The Hall–Kier alpha value is -6.70. The highest BCUT2D eigenvalue weighted by molar-refractivity contribution is 6.16. The second-order valence-electron chi connectivity index (χ2n) is 14.8. The molecule has 0 spiro atoms. The number of para-hydroxylation sites is 1. The lowest BCUT2D eigenvalue weighted by atomic mass is 9.82. The van der Waals surface area contributed by atoms with Crippen molar-refractivity contribution in [1.29, 1.82) is 0 Å². The van der Waals surface area contributed by atoms with Crippen molar-refractivity contribution < 1.29 is 0 Å². The molecule has 0 radical (unpaired) electrons. The molecule has 1 aliphatic carbocycles. The molecular formula is C53H39N. The predicted molar refractivity (Wildman–Crippen MR) is 230 cm³/mol. The van der Waals surface area contributed by atoms with E-state index in [2.05, 4.69) is 219 Å². The van der Waals surface area contributed by atoms with E-state index < -0.39 is 0 Å². The van der Waals surface area contributed by atoms with Gasteiger partial charge in [-0.3, -0.25) is 0 Å². The van der Waals surface area contributed by atoms with Gasteiger partial charge in [-0.25, -0.2) is 0 Å². The first-order valence-electron chi connectivity index (χ1n) is 18.9. The van der Waals surface area contributed by atoms with E-state index in [4.69, 9.17) is 0 Å². The van der Waals surface area contributed by atoms with Crippen molar-refractivity contribution in [2.45, 2.75) is 19.3 Å². The van der Waals surface area contributed by atoms with E-state index in [0.717, 1.165) is 11.4 Å². The molecule has 1 heteroatoms. The molecule has 0 saturated carbocycles. The minimum atomic E-state index is -0.133. The Kier molecular flexibility index (Phi) is 7.56. The summed E-state index contributed by atoms with van der Waals surface area (Å²) in [4.78, 5) is 2.56. The first kappa shape index (κ1) is 32.0. The Morgan fingerprint density at radius 2 is 0.833 bits per heavy atom. The number of fused-ring (bicyclic) bond motifs is 6. The van der Waals surface area contributed by atoms with Crippen LogP contribution in [0.5, 0.6) is 0 Å². The molecule has 0 saturated heterocycles. The molecular weight excluding hydrogens is 651 g/mol. The topological polar surface area (TPSA) is 3.24 Å². The zero-order valence-corrected chi connectivity index (χ0v) is 30.5. The lowest BCUT2D eigenvalue weighted by Crippen LogP contribution is -2.16. The van der Waals surface area contributed by atoms with E-state index in [0.29, 0.717) is 0 Å². The van der Waals surface area contributed by atoms with Gasteiger partial charge in [-0.15, -0.1) is 0 Å². The van der Waals surface area contributed by atoms with Crippen molar-refractivity contribution in [2.24, 2.45) is 0 Å². The highest BCUT2D eigenvalue weighted by Gasteiger charge is 2.38. The van der Waals surface area contributed by atoms with Gasteiger partial charge in [0, 0.05) is 21.9 Å². The Balaban J connectivity index is 1.29. The van der Waals surface area contributed by atoms with Gasteiger partial charge < -0.3 is 4.90 Å². The summed E-state index contributed by atoms with van der Waals surface area (Å²) >= 11 is 0. The molecule has 1 nitrogen and oxygen atoms in total. The number of hydrogen-bond donors (Lipinski definition) is 0. The molecule has 10 rings (SSSR count). The van der Waals surface area contributed by atoms with Crippen molar-refractivity contribution in [2.75, 3.05) is 4.90 Å². The van der Waals surface area contributed by atoms with Crippen LogP contribution in [0.4, 0.5) is 17.1 Å². The number of benzene rings is 9. The van der Waals surface area contributed by atoms with E-state index in [-0.39, 0.29) is 5.41 Å². The van der Waals surface area contributed by atoms with E-state index in [1.165, 1.54) is 82.9 Å². The fraction of sp³-hybridized carbons (Fsp3) is 0.0566. The Morgan fingerprint density at radius 1 is 0.333 bits per heavy atom. The molecule has 0 atom stereocenters. The van der Waals surface area contributed by atoms with Gasteiger partial charge in [0.05, 0.1) is 17.1 Å². The molecule has 1 aliphatic rings. The van der Waals surface area contributed by atoms with Gasteiger partial charge in [0.1, 0.15) is 0 Å². The molecule has 256 valence electrons. The average molecular weight is 690 g/mol. The van der Waals surface area contributed by atoms with Crippen LogP contribution >= 0.6 is 0 Å². The SMILES string of the molecule is CC1(C)c2ccccc2-c2c(N(c3ccccc3-c3ccccc3-c3ccccc3-c3ccccc3)c3cc4ccccc4c4ccccc34)cccc21. The number of nitrogens with zero attached hydrogens (tertiary/aromatic N) is 1. The average Bonchev–Trinajstić information content (AvgIpc) is 3.48. The summed E-state index contributed by atoms with van der Waals surface area (Å²) in [5.41, 5.74) is 15.9. The fourth-order valence-corrected chi connectivity index (χ4v) is 8.97. The molecule has 0 unspecified atom stereocenters. The maximum Gasteiger partial charge on any atom is 0.0546 e. The zero-order chi connectivity index (χ0) is 36.2. The standard InChI is InChI=1S/C53H39N/c1-53(2)47-31-16-14-30-46(47)52-48(53)32-18-34-50(52)54(51-35-37-21-6-7-23-39(37)41-25-12-13-29-45(41)51)49-33-17-15-28-44(49)43-27-11-10-26-42(43)40-24-9-8-22-38(40)36-19-4-3-5-20-36/h3-35H,1-2H3. The zero-order valence-electron chi connectivity index (χ0n) is 30.5. The smallest absolute Gasteiger partial charge is 0.0546 e. The van der Waals surface area contributed by atoms with Gasteiger partial charge in [0.2, 0.25) is 0 Å². The van der Waals surface area contributed by atoms with Crippen molar-refractivity contribution in [3.8, 4) is 44.5 Å².